The van der Waals surface area contributed by atoms with Crippen LogP contribution in [-0.2, 0) is 10.2 Å². The Labute approximate surface area is 191 Å². The molecule has 0 atom stereocenters. The van der Waals surface area contributed by atoms with Crippen molar-refractivity contribution in [2.24, 2.45) is 0 Å². The van der Waals surface area contributed by atoms with E-state index in [4.69, 9.17) is 5.21 Å². The Balaban J connectivity index is 1.57. The molecule has 7 heteroatoms. The van der Waals surface area contributed by atoms with Gasteiger partial charge in [0.1, 0.15) is 0 Å². The molecule has 4 N–H and O–H groups in total. The molecular weight excluding hydrogens is 420 g/mol. The van der Waals surface area contributed by atoms with Crippen molar-refractivity contribution >= 4 is 23.5 Å². The van der Waals surface area contributed by atoms with Crippen LogP contribution in [0.1, 0.15) is 52.0 Å². The lowest BCUT2D eigenvalue weighted by molar-refractivity contribution is -0.121. The first-order chi connectivity index (χ1) is 15.9. The predicted octanol–water partition coefficient (Wildman–Crippen LogP) is 4.62. The standard InChI is InChI=1S/C26H24N2O5/c29-23(28-33)18-8-12-22(13-9-18)27-25(32)26(14-1-2-15-26)21-10-6-17(7-11-21)19-4-3-5-20(16-19)24(30)31/h3-13,16,33H,1-2,14-15H2,(H,27,32)(H,28,29)(H,30,31). The fraction of sp³-hybridized carbons (Fsp3) is 0.192. The average Bonchev–Trinajstić information content (AvgIpc) is 3.35. The lowest BCUT2D eigenvalue weighted by atomic mass is 9.77. The molecule has 0 saturated heterocycles. The Morgan fingerprint density at radius 3 is 2.06 bits per heavy atom. The minimum Gasteiger partial charge on any atom is -0.478 e. The maximum Gasteiger partial charge on any atom is 0.335 e. The van der Waals surface area contributed by atoms with Crippen molar-refractivity contribution in [3.8, 4) is 11.1 Å². The van der Waals surface area contributed by atoms with Gasteiger partial charge in [-0.1, -0.05) is 49.2 Å². The van der Waals surface area contributed by atoms with Crippen molar-refractivity contribution in [2.75, 3.05) is 5.32 Å². The van der Waals surface area contributed by atoms with Gasteiger partial charge in [0.2, 0.25) is 5.91 Å². The van der Waals surface area contributed by atoms with Crippen LogP contribution in [-0.4, -0.2) is 28.1 Å². The van der Waals surface area contributed by atoms with Gasteiger partial charge in [-0.2, -0.15) is 0 Å². The van der Waals surface area contributed by atoms with Crippen LogP contribution in [0.2, 0.25) is 0 Å². The van der Waals surface area contributed by atoms with E-state index >= 15 is 0 Å². The summed E-state index contributed by atoms with van der Waals surface area (Å²) in [6.45, 7) is 0. The third-order valence-electron chi connectivity index (χ3n) is 6.28. The van der Waals surface area contributed by atoms with E-state index < -0.39 is 17.3 Å². The summed E-state index contributed by atoms with van der Waals surface area (Å²) in [5.41, 5.74) is 4.63. The normalized spacial score (nSPS) is 14.5. The van der Waals surface area contributed by atoms with Gasteiger partial charge < -0.3 is 10.4 Å². The van der Waals surface area contributed by atoms with Gasteiger partial charge in [0.05, 0.1) is 11.0 Å². The minimum absolute atomic E-state index is 0.0972. The van der Waals surface area contributed by atoms with E-state index in [0.29, 0.717) is 5.69 Å². The summed E-state index contributed by atoms with van der Waals surface area (Å²) in [7, 11) is 0. The summed E-state index contributed by atoms with van der Waals surface area (Å²) >= 11 is 0. The summed E-state index contributed by atoms with van der Waals surface area (Å²) in [6, 6.07) is 20.8. The highest BCUT2D eigenvalue weighted by Gasteiger charge is 2.42. The number of carboxylic acids is 1. The van der Waals surface area contributed by atoms with Crippen LogP contribution in [0.4, 0.5) is 5.69 Å². The van der Waals surface area contributed by atoms with Crippen LogP contribution in [0.25, 0.3) is 11.1 Å². The Morgan fingerprint density at radius 2 is 1.45 bits per heavy atom. The molecule has 1 aliphatic rings. The number of hydrogen-bond acceptors (Lipinski definition) is 4. The van der Waals surface area contributed by atoms with Crippen molar-refractivity contribution in [3.63, 3.8) is 0 Å². The van der Waals surface area contributed by atoms with E-state index in [1.807, 2.05) is 30.3 Å². The molecule has 0 aromatic heterocycles. The maximum absolute atomic E-state index is 13.4. The zero-order valence-corrected chi connectivity index (χ0v) is 17.9. The number of rotatable bonds is 6. The molecule has 3 aromatic carbocycles. The average molecular weight is 444 g/mol. The molecule has 33 heavy (non-hydrogen) atoms. The molecule has 0 radical (unpaired) electrons. The number of carboxylic acid groups (broad SMARTS) is 1. The van der Waals surface area contributed by atoms with E-state index in [0.717, 1.165) is 42.4 Å². The molecule has 1 fully saturated rings. The van der Waals surface area contributed by atoms with Gasteiger partial charge in [-0.25, -0.2) is 10.3 Å². The molecule has 0 bridgehead atoms. The fourth-order valence-electron chi connectivity index (χ4n) is 4.46. The fourth-order valence-corrected chi connectivity index (χ4v) is 4.46. The number of nitrogens with one attached hydrogen (secondary N) is 2. The maximum atomic E-state index is 13.4. The van der Waals surface area contributed by atoms with Crippen molar-refractivity contribution in [1.82, 2.24) is 5.48 Å². The highest BCUT2D eigenvalue weighted by molar-refractivity contribution is 6.00. The lowest BCUT2D eigenvalue weighted by Crippen LogP contribution is -2.38. The third kappa shape index (κ3) is 4.49. The molecule has 7 nitrogen and oxygen atoms in total. The number of aromatic carboxylic acids is 1. The summed E-state index contributed by atoms with van der Waals surface area (Å²) in [5, 5.41) is 21.0. The Morgan fingerprint density at radius 1 is 0.788 bits per heavy atom. The van der Waals surface area contributed by atoms with E-state index in [-0.39, 0.29) is 17.0 Å². The zero-order valence-electron chi connectivity index (χ0n) is 17.9. The molecule has 0 heterocycles. The number of anilines is 1. The minimum atomic E-state index is -0.972. The van der Waals surface area contributed by atoms with E-state index in [1.54, 1.807) is 35.8 Å². The molecule has 0 spiro atoms. The molecule has 0 aliphatic heterocycles. The Kier molecular flexibility index (Phi) is 6.24. The van der Waals surface area contributed by atoms with Crippen molar-refractivity contribution in [2.45, 2.75) is 31.1 Å². The van der Waals surface area contributed by atoms with Gasteiger partial charge in [0, 0.05) is 11.3 Å². The highest BCUT2D eigenvalue weighted by atomic mass is 16.5. The summed E-state index contributed by atoms with van der Waals surface area (Å²) < 4.78 is 0. The second-order valence-corrected chi connectivity index (χ2v) is 8.22. The van der Waals surface area contributed by atoms with Gasteiger partial charge in [-0.05, 0) is 65.9 Å². The van der Waals surface area contributed by atoms with Crippen molar-refractivity contribution in [1.29, 1.82) is 0 Å². The monoisotopic (exact) mass is 444 g/mol. The largest absolute Gasteiger partial charge is 0.478 e. The molecule has 1 saturated carbocycles. The quantitative estimate of drug-likeness (QED) is 0.327. The Bertz CT molecular complexity index is 1180. The van der Waals surface area contributed by atoms with Crippen LogP contribution in [0, 0.1) is 0 Å². The summed E-state index contributed by atoms with van der Waals surface area (Å²) in [6.07, 6.45) is 3.37. The number of carbonyl (C=O) groups is 3. The number of carbonyl (C=O) groups excluding carboxylic acids is 2. The highest BCUT2D eigenvalue weighted by Crippen LogP contribution is 2.42. The smallest absolute Gasteiger partial charge is 0.335 e. The topological polar surface area (TPSA) is 116 Å². The second kappa shape index (κ2) is 9.26. The molecule has 3 aromatic rings. The summed E-state index contributed by atoms with van der Waals surface area (Å²) in [4.78, 5) is 36.2. The Hall–Kier alpha value is -3.97. The number of hydroxylamine groups is 1. The van der Waals surface area contributed by atoms with Crippen LogP contribution in [0.5, 0.6) is 0 Å². The van der Waals surface area contributed by atoms with Crippen molar-refractivity contribution < 1.29 is 24.7 Å². The molecule has 168 valence electrons. The van der Waals surface area contributed by atoms with Crippen LogP contribution < -0.4 is 10.8 Å². The third-order valence-corrected chi connectivity index (χ3v) is 6.28. The first-order valence-electron chi connectivity index (χ1n) is 10.7. The van der Waals surface area contributed by atoms with Crippen molar-refractivity contribution in [3.05, 3.63) is 89.5 Å². The van der Waals surface area contributed by atoms with Gasteiger partial charge >= 0.3 is 5.97 Å². The van der Waals surface area contributed by atoms with Gasteiger partial charge in [0.15, 0.2) is 0 Å². The summed E-state index contributed by atoms with van der Waals surface area (Å²) in [5.74, 6) is -1.69. The number of benzene rings is 3. The zero-order chi connectivity index (χ0) is 23.4. The molecule has 2 amide bonds. The molecule has 4 rings (SSSR count). The predicted molar refractivity (Wildman–Crippen MR) is 123 cm³/mol. The first kappa shape index (κ1) is 22.2. The van der Waals surface area contributed by atoms with E-state index in [9.17, 15) is 19.5 Å². The molecular formula is C26H24N2O5. The van der Waals surface area contributed by atoms with Gasteiger partial charge in [-0.15, -0.1) is 0 Å². The molecule has 1 aliphatic carbocycles. The van der Waals surface area contributed by atoms with E-state index in [1.165, 1.54) is 12.1 Å². The first-order valence-corrected chi connectivity index (χ1v) is 10.7. The van der Waals surface area contributed by atoms with Crippen LogP contribution in [0.15, 0.2) is 72.8 Å². The molecule has 0 unspecified atom stereocenters. The number of hydrogen-bond donors (Lipinski definition) is 4. The van der Waals surface area contributed by atoms with Gasteiger partial charge in [-0.3, -0.25) is 14.8 Å². The lowest BCUT2D eigenvalue weighted by Gasteiger charge is -2.28. The van der Waals surface area contributed by atoms with Crippen LogP contribution in [0.3, 0.4) is 0 Å². The van der Waals surface area contributed by atoms with Gasteiger partial charge in [0.25, 0.3) is 5.91 Å². The van der Waals surface area contributed by atoms with E-state index in [2.05, 4.69) is 5.32 Å². The SMILES string of the molecule is O=C(O)c1cccc(-c2ccc(C3(C(=O)Nc4ccc(C(=O)NO)cc4)CCCC3)cc2)c1. The second-order valence-electron chi connectivity index (χ2n) is 8.22. The number of amides is 2. The van der Waals surface area contributed by atoms with Crippen LogP contribution >= 0.6 is 0 Å².